The molecule has 2 atom stereocenters. The molecule has 0 amide bonds. The average molecular weight is 370 g/mol. The first-order chi connectivity index (χ1) is 12.1. The Morgan fingerprint density at radius 2 is 1.92 bits per heavy atom. The first-order valence-corrected chi connectivity index (χ1v) is 8.72. The summed E-state index contributed by atoms with van der Waals surface area (Å²) in [6.07, 6.45) is 1.79. The van der Waals surface area contributed by atoms with Gasteiger partial charge in [-0.1, -0.05) is 17.7 Å². The predicted octanol–water partition coefficient (Wildman–Crippen LogP) is 4.60. The third-order valence-electron chi connectivity index (χ3n) is 4.39. The van der Waals surface area contributed by atoms with Gasteiger partial charge < -0.3 is 14.6 Å². The van der Waals surface area contributed by atoms with Crippen LogP contribution in [0.5, 0.6) is 0 Å². The van der Waals surface area contributed by atoms with Crippen molar-refractivity contribution in [2.75, 3.05) is 7.05 Å². The predicted molar refractivity (Wildman–Crippen MR) is 102 cm³/mol. The van der Waals surface area contributed by atoms with Gasteiger partial charge in [-0.05, 0) is 60.7 Å². The topological polar surface area (TPSA) is 41.3 Å². The molecule has 4 rings (SSSR count). The van der Waals surface area contributed by atoms with E-state index in [9.17, 15) is 0 Å². The fourth-order valence-electron chi connectivity index (χ4n) is 3.10. The van der Waals surface area contributed by atoms with Gasteiger partial charge in [0.15, 0.2) is 5.11 Å². The number of pyridine rings is 1. The molecule has 0 bridgehead atoms. The molecular weight excluding hydrogens is 354 g/mol. The molecule has 1 N–H and O–H groups in total. The van der Waals surface area contributed by atoms with Crippen molar-refractivity contribution in [1.82, 2.24) is 15.2 Å². The number of thiocarbonyl (C=S) groups is 1. The summed E-state index contributed by atoms with van der Waals surface area (Å²) in [4.78, 5) is 6.49. The highest BCUT2D eigenvalue weighted by Gasteiger charge is 2.39. The number of halogens is 1. The van der Waals surface area contributed by atoms with Gasteiger partial charge in [0, 0.05) is 23.8 Å². The van der Waals surface area contributed by atoms with Crippen LogP contribution in [0.25, 0.3) is 11.3 Å². The normalized spacial score (nSPS) is 19.9. The van der Waals surface area contributed by atoms with E-state index in [0.29, 0.717) is 10.1 Å². The summed E-state index contributed by atoms with van der Waals surface area (Å²) in [5.41, 5.74) is 1.92. The van der Waals surface area contributed by atoms with E-state index >= 15 is 0 Å². The van der Waals surface area contributed by atoms with Crippen LogP contribution in [0.2, 0.25) is 5.02 Å². The molecule has 126 valence electrons. The van der Waals surface area contributed by atoms with Crippen molar-refractivity contribution in [2.24, 2.45) is 0 Å². The van der Waals surface area contributed by atoms with E-state index in [4.69, 9.17) is 28.2 Å². The van der Waals surface area contributed by atoms with Crippen LogP contribution in [0, 0.1) is 0 Å². The minimum atomic E-state index is -0.0529. The second-order valence-corrected chi connectivity index (χ2v) is 6.77. The molecule has 2 aromatic heterocycles. The summed E-state index contributed by atoms with van der Waals surface area (Å²) in [5.74, 6) is 1.65. The Hall–Kier alpha value is -2.37. The molecule has 3 aromatic rings. The maximum atomic E-state index is 6.15. The minimum Gasteiger partial charge on any atom is -0.459 e. The van der Waals surface area contributed by atoms with Crippen LogP contribution in [-0.4, -0.2) is 22.0 Å². The van der Waals surface area contributed by atoms with E-state index in [0.717, 1.165) is 22.8 Å². The molecule has 25 heavy (non-hydrogen) atoms. The molecule has 1 saturated heterocycles. The van der Waals surface area contributed by atoms with Crippen LogP contribution in [0.15, 0.2) is 65.2 Å². The Morgan fingerprint density at radius 1 is 1.12 bits per heavy atom. The summed E-state index contributed by atoms with van der Waals surface area (Å²) >= 11 is 11.4. The molecule has 2 unspecified atom stereocenters. The lowest BCUT2D eigenvalue weighted by atomic mass is 10.0. The van der Waals surface area contributed by atoms with Crippen LogP contribution >= 0.6 is 23.8 Å². The summed E-state index contributed by atoms with van der Waals surface area (Å²) in [5, 5.41) is 4.73. The van der Waals surface area contributed by atoms with Crippen molar-refractivity contribution in [1.29, 1.82) is 0 Å². The van der Waals surface area contributed by atoms with E-state index in [2.05, 4.69) is 10.3 Å². The Morgan fingerprint density at radius 3 is 2.64 bits per heavy atom. The van der Waals surface area contributed by atoms with E-state index in [1.54, 1.807) is 6.20 Å². The number of rotatable bonds is 3. The standard InChI is InChI=1S/C19H16ClN3OS/c1-23-18(17(22-19(23)25)14-4-2-3-11-21-14)16-10-9-15(24-16)12-5-7-13(20)8-6-12/h2-11,17-18H,1H3,(H,22,25). The van der Waals surface area contributed by atoms with E-state index in [1.807, 2.05) is 66.5 Å². The van der Waals surface area contributed by atoms with Crippen molar-refractivity contribution >= 4 is 28.9 Å². The molecule has 0 saturated carbocycles. The van der Waals surface area contributed by atoms with Crippen molar-refractivity contribution < 1.29 is 4.42 Å². The Bertz CT molecular complexity index is 895. The van der Waals surface area contributed by atoms with Gasteiger partial charge in [0.25, 0.3) is 0 Å². The van der Waals surface area contributed by atoms with Gasteiger partial charge in [-0.15, -0.1) is 0 Å². The Balaban J connectivity index is 1.69. The SMILES string of the molecule is CN1C(=S)NC(c2ccccn2)C1c1ccc(-c2ccc(Cl)cc2)o1. The fraction of sp³-hybridized carbons (Fsp3) is 0.158. The van der Waals surface area contributed by atoms with Crippen LogP contribution < -0.4 is 5.32 Å². The lowest BCUT2D eigenvalue weighted by molar-refractivity contribution is 0.310. The average Bonchev–Trinajstić information content (AvgIpc) is 3.22. The summed E-state index contributed by atoms with van der Waals surface area (Å²) in [6, 6.07) is 17.3. The van der Waals surface area contributed by atoms with Gasteiger partial charge in [-0.3, -0.25) is 4.98 Å². The summed E-state index contributed by atoms with van der Waals surface area (Å²) in [6.45, 7) is 0. The summed E-state index contributed by atoms with van der Waals surface area (Å²) < 4.78 is 6.15. The number of likely N-dealkylation sites (N-methyl/N-ethyl adjacent to an activating group) is 1. The van der Waals surface area contributed by atoms with Gasteiger partial charge >= 0.3 is 0 Å². The van der Waals surface area contributed by atoms with Crippen LogP contribution in [0.3, 0.4) is 0 Å². The monoisotopic (exact) mass is 369 g/mol. The van der Waals surface area contributed by atoms with E-state index in [-0.39, 0.29) is 12.1 Å². The van der Waals surface area contributed by atoms with Gasteiger partial charge in [-0.25, -0.2) is 0 Å². The summed E-state index contributed by atoms with van der Waals surface area (Å²) in [7, 11) is 1.97. The molecular formula is C19H16ClN3OS. The van der Waals surface area contributed by atoms with Crippen molar-refractivity contribution in [3.8, 4) is 11.3 Å². The molecule has 3 heterocycles. The molecule has 6 heteroatoms. The number of hydrogen-bond donors (Lipinski definition) is 1. The zero-order valence-electron chi connectivity index (χ0n) is 13.5. The highest BCUT2D eigenvalue weighted by atomic mass is 35.5. The largest absolute Gasteiger partial charge is 0.459 e. The fourth-order valence-corrected chi connectivity index (χ4v) is 3.46. The first kappa shape index (κ1) is 16.1. The molecule has 0 radical (unpaired) electrons. The number of benzene rings is 1. The third-order valence-corrected chi connectivity index (χ3v) is 5.04. The highest BCUT2D eigenvalue weighted by molar-refractivity contribution is 7.80. The van der Waals surface area contributed by atoms with Crippen molar-refractivity contribution in [3.63, 3.8) is 0 Å². The molecule has 0 aliphatic carbocycles. The number of aromatic nitrogens is 1. The van der Waals surface area contributed by atoms with Gasteiger partial charge in [0.05, 0.1) is 11.7 Å². The van der Waals surface area contributed by atoms with Crippen LogP contribution in [0.4, 0.5) is 0 Å². The molecule has 0 spiro atoms. The zero-order valence-corrected chi connectivity index (χ0v) is 15.1. The molecule has 1 fully saturated rings. The maximum absolute atomic E-state index is 6.15. The Kier molecular flexibility index (Phi) is 4.19. The third kappa shape index (κ3) is 3.01. The van der Waals surface area contributed by atoms with Gasteiger partial charge in [0.2, 0.25) is 0 Å². The van der Waals surface area contributed by atoms with Crippen LogP contribution in [-0.2, 0) is 0 Å². The van der Waals surface area contributed by atoms with Crippen molar-refractivity contribution in [2.45, 2.75) is 12.1 Å². The molecule has 1 aliphatic rings. The Labute approximate surface area is 156 Å². The molecule has 4 nitrogen and oxygen atoms in total. The number of nitrogens with one attached hydrogen (secondary N) is 1. The van der Waals surface area contributed by atoms with Gasteiger partial charge in [-0.2, -0.15) is 0 Å². The minimum absolute atomic E-state index is 0.0524. The van der Waals surface area contributed by atoms with E-state index < -0.39 is 0 Å². The smallest absolute Gasteiger partial charge is 0.170 e. The number of hydrogen-bond acceptors (Lipinski definition) is 3. The second-order valence-electron chi connectivity index (χ2n) is 5.95. The molecule has 1 aromatic carbocycles. The maximum Gasteiger partial charge on any atom is 0.170 e. The van der Waals surface area contributed by atoms with Crippen LogP contribution in [0.1, 0.15) is 23.5 Å². The second kappa shape index (κ2) is 6.50. The lowest BCUT2D eigenvalue weighted by Gasteiger charge is -2.21. The number of furan rings is 1. The number of nitrogens with zero attached hydrogens (tertiary/aromatic N) is 2. The van der Waals surface area contributed by atoms with Crippen molar-refractivity contribution in [3.05, 3.63) is 77.3 Å². The molecule has 1 aliphatic heterocycles. The highest BCUT2D eigenvalue weighted by Crippen LogP contribution is 2.39. The zero-order chi connectivity index (χ0) is 17.4. The first-order valence-electron chi connectivity index (χ1n) is 7.93. The quantitative estimate of drug-likeness (QED) is 0.683. The lowest BCUT2D eigenvalue weighted by Crippen LogP contribution is -2.24. The van der Waals surface area contributed by atoms with Gasteiger partial charge in [0.1, 0.15) is 17.6 Å². The van der Waals surface area contributed by atoms with E-state index in [1.165, 1.54) is 0 Å².